The molecular weight excluding hydrogens is 389 g/mol. The first kappa shape index (κ1) is 21.0. The van der Waals surface area contributed by atoms with Gasteiger partial charge in [-0.2, -0.15) is 0 Å². The number of methoxy groups -OCH3 is 1. The molecule has 1 aromatic heterocycles. The molecule has 1 N–H and O–H groups in total. The van der Waals surface area contributed by atoms with Gasteiger partial charge in [0.2, 0.25) is 0 Å². The van der Waals surface area contributed by atoms with Gasteiger partial charge in [-0.15, -0.1) is 0 Å². The van der Waals surface area contributed by atoms with E-state index in [1.54, 1.807) is 25.1 Å². The number of halogens is 2. The molecule has 0 aliphatic rings. The number of aromatic nitrogens is 1. The summed E-state index contributed by atoms with van der Waals surface area (Å²) < 4.78 is 5.28. The maximum atomic E-state index is 13.2. The van der Waals surface area contributed by atoms with E-state index in [-0.39, 0.29) is 21.8 Å². The lowest BCUT2D eigenvalue weighted by molar-refractivity contribution is 0.0357. The van der Waals surface area contributed by atoms with Crippen molar-refractivity contribution in [3.05, 3.63) is 57.3 Å². The van der Waals surface area contributed by atoms with Crippen LogP contribution in [-0.4, -0.2) is 34.5 Å². The van der Waals surface area contributed by atoms with E-state index in [0.29, 0.717) is 16.9 Å². The lowest BCUT2D eigenvalue weighted by Crippen LogP contribution is -2.56. The number of pyridine rings is 1. The average molecular weight is 410 g/mol. The van der Waals surface area contributed by atoms with Gasteiger partial charge < -0.3 is 4.74 Å². The third-order valence-electron chi connectivity index (χ3n) is 3.85. The standard InChI is InChI=1S/C19H21Cl2N3O3/c1-11-13(7-6-8-14(11)27-5)18(26)24(19(2,3)4)23-17(25)12-9-15(20)22-16(21)10-12/h6-10H,1-5H3,(H,23,25). The molecule has 0 bridgehead atoms. The first-order chi connectivity index (χ1) is 12.5. The highest BCUT2D eigenvalue weighted by molar-refractivity contribution is 6.33. The van der Waals surface area contributed by atoms with Crippen LogP contribution in [0.4, 0.5) is 0 Å². The van der Waals surface area contributed by atoms with E-state index in [9.17, 15) is 9.59 Å². The predicted molar refractivity (Wildman–Crippen MR) is 105 cm³/mol. The fourth-order valence-corrected chi connectivity index (χ4v) is 2.93. The Balaban J connectivity index is 2.39. The van der Waals surface area contributed by atoms with Gasteiger partial charge in [0, 0.05) is 16.7 Å². The van der Waals surface area contributed by atoms with E-state index >= 15 is 0 Å². The molecule has 2 aromatic rings. The van der Waals surface area contributed by atoms with Gasteiger partial charge in [-0.3, -0.25) is 15.0 Å². The van der Waals surface area contributed by atoms with Gasteiger partial charge in [0.15, 0.2) is 0 Å². The second kappa shape index (κ2) is 8.15. The molecule has 0 atom stereocenters. The number of carbonyl (C=O) groups is 2. The summed E-state index contributed by atoms with van der Waals surface area (Å²) in [6, 6.07) is 7.94. The predicted octanol–water partition coefficient (Wildman–Crippen LogP) is 4.29. The Hall–Kier alpha value is -2.31. The Bertz CT molecular complexity index is 859. The van der Waals surface area contributed by atoms with Crippen LogP contribution in [0, 0.1) is 6.92 Å². The largest absolute Gasteiger partial charge is 0.496 e. The Labute approximate surface area is 168 Å². The zero-order valence-electron chi connectivity index (χ0n) is 15.8. The average Bonchev–Trinajstić information content (AvgIpc) is 2.57. The van der Waals surface area contributed by atoms with Gasteiger partial charge in [-0.1, -0.05) is 29.3 Å². The quantitative estimate of drug-likeness (QED) is 0.605. The SMILES string of the molecule is COc1cccc(C(=O)N(NC(=O)c2cc(Cl)nc(Cl)c2)C(C)(C)C)c1C. The molecule has 1 heterocycles. The van der Waals surface area contributed by atoms with Crippen molar-refractivity contribution >= 4 is 35.0 Å². The summed E-state index contributed by atoms with van der Waals surface area (Å²) in [7, 11) is 1.54. The van der Waals surface area contributed by atoms with Gasteiger partial charge in [0.25, 0.3) is 11.8 Å². The Morgan fingerprint density at radius 3 is 2.26 bits per heavy atom. The first-order valence-corrected chi connectivity index (χ1v) is 8.92. The molecule has 6 nitrogen and oxygen atoms in total. The highest BCUT2D eigenvalue weighted by Crippen LogP contribution is 2.24. The van der Waals surface area contributed by atoms with Crippen LogP contribution in [0.3, 0.4) is 0 Å². The number of hydrogen-bond donors (Lipinski definition) is 1. The summed E-state index contributed by atoms with van der Waals surface area (Å²) in [4.78, 5) is 29.7. The van der Waals surface area contributed by atoms with Crippen molar-refractivity contribution in [3.8, 4) is 5.75 Å². The number of benzene rings is 1. The number of hydrogen-bond acceptors (Lipinski definition) is 4. The van der Waals surface area contributed by atoms with Crippen LogP contribution in [0.25, 0.3) is 0 Å². The minimum atomic E-state index is -0.692. The molecule has 0 saturated carbocycles. The summed E-state index contributed by atoms with van der Waals surface area (Å²) in [5.74, 6) is -0.294. The lowest BCUT2D eigenvalue weighted by Gasteiger charge is -2.36. The van der Waals surface area contributed by atoms with E-state index in [1.807, 2.05) is 20.8 Å². The fourth-order valence-electron chi connectivity index (χ4n) is 2.47. The third-order valence-corrected chi connectivity index (χ3v) is 4.23. The minimum absolute atomic E-state index is 0.0879. The van der Waals surface area contributed by atoms with Crippen LogP contribution in [0.1, 0.15) is 47.1 Å². The van der Waals surface area contributed by atoms with Crippen molar-refractivity contribution in [2.45, 2.75) is 33.2 Å². The summed E-state index contributed by atoms with van der Waals surface area (Å²) in [6.45, 7) is 7.23. The maximum Gasteiger partial charge on any atom is 0.273 e. The van der Waals surface area contributed by atoms with Crippen LogP contribution in [0.15, 0.2) is 30.3 Å². The molecule has 144 valence electrons. The normalized spacial score (nSPS) is 11.1. The van der Waals surface area contributed by atoms with Crippen molar-refractivity contribution in [2.75, 3.05) is 7.11 Å². The molecule has 8 heteroatoms. The van der Waals surface area contributed by atoms with Crippen LogP contribution < -0.4 is 10.2 Å². The molecule has 0 saturated heterocycles. The lowest BCUT2D eigenvalue weighted by atomic mass is 10.0. The van der Waals surface area contributed by atoms with E-state index < -0.39 is 11.4 Å². The van der Waals surface area contributed by atoms with E-state index in [4.69, 9.17) is 27.9 Å². The maximum absolute atomic E-state index is 13.2. The minimum Gasteiger partial charge on any atom is -0.496 e. The monoisotopic (exact) mass is 409 g/mol. The van der Waals surface area contributed by atoms with E-state index in [1.165, 1.54) is 24.3 Å². The van der Waals surface area contributed by atoms with Crippen molar-refractivity contribution in [2.24, 2.45) is 0 Å². The van der Waals surface area contributed by atoms with Gasteiger partial charge in [0.1, 0.15) is 16.1 Å². The molecular formula is C19H21Cl2N3O3. The highest BCUT2D eigenvalue weighted by Gasteiger charge is 2.31. The molecule has 2 rings (SSSR count). The molecule has 0 aliphatic heterocycles. The van der Waals surface area contributed by atoms with Crippen molar-refractivity contribution in [1.29, 1.82) is 0 Å². The number of rotatable bonds is 3. The molecule has 0 unspecified atom stereocenters. The van der Waals surface area contributed by atoms with Gasteiger partial charge in [0.05, 0.1) is 12.6 Å². The molecule has 0 radical (unpaired) electrons. The Kier molecular flexibility index (Phi) is 6.34. The van der Waals surface area contributed by atoms with Crippen molar-refractivity contribution in [1.82, 2.24) is 15.4 Å². The molecule has 2 amide bonds. The van der Waals surface area contributed by atoms with Crippen LogP contribution in [-0.2, 0) is 0 Å². The number of amides is 2. The first-order valence-electron chi connectivity index (χ1n) is 8.17. The number of hydrazine groups is 1. The van der Waals surface area contributed by atoms with Gasteiger partial charge in [-0.25, -0.2) is 9.99 Å². The highest BCUT2D eigenvalue weighted by atomic mass is 35.5. The molecule has 0 fully saturated rings. The fraction of sp³-hybridized carbons (Fsp3) is 0.316. The second-order valence-electron chi connectivity index (χ2n) is 6.89. The summed E-state index contributed by atoms with van der Waals surface area (Å²) in [5.41, 5.74) is 3.27. The number of carbonyl (C=O) groups excluding carboxylic acids is 2. The Morgan fingerprint density at radius 1 is 1.15 bits per heavy atom. The molecule has 0 aliphatic carbocycles. The van der Waals surface area contributed by atoms with Crippen molar-refractivity contribution in [3.63, 3.8) is 0 Å². The third kappa shape index (κ3) is 4.90. The zero-order chi connectivity index (χ0) is 20.4. The summed E-state index contributed by atoms with van der Waals surface area (Å²) >= 11 is 11.7. The van der Waals surface area contributed by atoms with E-state index in [2.05, 4.69) is 10.4 Å². The van der Waals surface area contributed by atoms with Crippen LogP contribution >= 0.6 is 23.2 Å². The molecule has 0 spiro atoms. The van der Waals surface area contributed by atoms with Gasteiger partial charge >= 0.3 is 0 Å². The summed E-state index contributed by atoms with van der Waals surface area (Å²) in [6.07, 6.45) is 0. The van der Waals surface area contributed by atoms with E-state index in [0.717, 1.165) is 0 Å². The smallest absolute Gasteiger partial charge is 0.273 e. The topological polar surface area (TPSA) is 71.5 Å². The molecule has 27 heavy (non-hydrogen) atoms. The number of nitrogens with one attached hydrogen (secondary N) is 1. The van der Waals surface area contributed by atoms with Crippen LogP contribution in [0.2, 0.25) is 10.3 Å². The molecule has 1 aromatic carbocycles. The zero-order valence-corrected chi connectivity index (χ0v) is 17.3. The summed E-state index contributed by atoms with van der Waals surface area (Å²) in [5, 5.41) is 1.45. The van der Waals surface area contributed by atoms with Gasteiger partial charge in [-0.05, 0) is 52.0 Å². The number of nitrogens with zero attached hydrogens (tertiary/aromatic N) is 2. The van der Waals surface area contributed by atoms with Crippen LogP contribution in [0.5, 0.6) is 5.75 Å². The Morgan fingerprint density at radius 2 is 1.74 bits per heavy atom. The van der Waals surface area contributed by atoms with Crippen molar-refractivity contribution < 1.29 is 14.3 Å². The second-order valence-corrected chi connectivity index (χ2v) is 7.66. The number of ether oxygens (including phenoxy) is 1.